The van der Waals surface area contributed by atoms with Gasteiger partial charge in [-0.05, 0) is 26.2 Å². The van der Waals surface area contributed by atoms with Gasteiger partial charge in [-0.25, -0.2) is 17.5 Å². The molecule has 0 radical (unpaired) electrons. The van der Waals surface area contributed by atoms with Crippen molar-refractivity contribution in [2.75, 3.05) is 32.6 Å². The SMILES string of the molecule is COC/C(C)=C/CN1C(=O)N2CCCCC2CS1(=O)=O. The first-order valence-corrected chi connectivity index (χ1v) is 8.52. The minimum absolute atomic E-state index is 0.0515. The van der Waals surface area contributed by atoms with E-state index in [-0.39, 0.29) is 24.4 Å². The van der Waals surface area contributed by atoms with Crippen LogP contribution >= 0.6 is 0 Å². The van der Waals surface area contributed by atoms with Gasteiger partial charge in [-0.2, -0.15) is 0 Å². The van der Waals surface area contributed by atoms with Crippen molar-refractivity contribution in [1.82, 2.24) is 9.21 Å². The molecule has 0 aromatic rings. The molecular weight excluding hydrogens is 280 g/mol. The first-order chi connectivity index (χ1) is 9.45. The molecule has 2 saturated heterocycles. The molecule has 2 amide bonds. The lowest BCUT2D eigenvalue weighted by Gasteiger charge is -2.43. The van der Waals surface area contributed by atoms with Crippen molar-refractivity contribution >= 4 is 16.1 Å². The van der Waals surface area contributed by atoms with Gasteiger partial charge in [0.05, 0.1) is 18.9 Å². The van der Waals surface area contributed by atoms with Gasteiger partial charge in [0.15, 0.2) is 0 Å². The number of nitrogens with zero attached hydrogens (tertiary/aromatic N) is 2. The third kappa shape index (κ3) is 3.15. The molecule has 0 N–H and O–H groups in total. The topological polar surface area (TPSA) is 66.9 Å². The second kappa shape index (κ2) is 6.13. The highest BCUT2D eigenvalue weighted by Crippen LogP contribution is 2.26. The van der Waals surface area contributed by atoms with E-state index in [2.05, 4.69) is 0 Å². The molecule has 2 fully saturated rings. The van der Waals surface area contributed by atoms with Crippen molar-refractivity contribution in [2.24, 2.45) is 0 Å². The average molecular weight is 302 g/mol. The summed E-state index contributed by atoms with van der Waals surface area (Å²) in [5.74, 6) is 0.0515. The van der Waals surface area contributed by atoms with Crippen LogP contribution in [0.1, 0.15) is 26.2 Å². The van der Waals surface area contributed by atoms with E-state index in [1.54, 1.807) is 18.1 Å². The van der Waals surface area contributed by atoms with Crippen molar-refractivity contribution in [2.45, 2.75) is 32.2 Å². The first kappa shape index (κ1) is 15.3. The summed E-state index contributed by atoms with van der Waals surface area (Å²) < 4.78 is 30.4. The number of sulfonamides is 1. The van der Waals surface area contributed by atoms with Gasteiger partial charge >= 0.3 is 6.03 Å². The standard InChI is InChI=1S/C13H22N2O4S/c1-11(9-19-2)6-8-15-13(16)14-7-4-3-5-12(14)10-20(15,17)18/h6,12H,3-5,7-10H2,1-2H3/b11-6+. The van der Waals surface area contributed by atoms with Crippen LogP contribution in [-0.2, 0) is 14.8 Å². The average Bonchev–Trinajstić information content (AvgIpc) is 2.38. The summed E-state index contributed by atoms with van der Waals surface area (Å²) in [6.07, 6.45) is 4.48. The molecule has 0 saturated carbocycles. The van der Waals surface area contributed by atoms with Crippen molar-refractivity contribution < 1.29 is 17.9 Å². The van der Waals surface area contributed by atoms with Crippen LogP contribution in [-0.4, -0.2) is 62.3 Å². The van der Waals surface area contributed by atoms with Gasteiger partial charge < -0.3 is 9.64 Å². The van der Waals surface area contributed by atoms with Gasteiger partial charge in [0.2, 0.25) is 10.0 Å². The molecule has 1 unspecified atom stereocenters. The normalized spacial score (nSPS) is 26.6. The van der Waals surface area contributed by atoms with Crippen LogP contribution in [0.2, 0.25) is 0 Å². The number of carbonyl (C=O) groups is 1. The second-order valence-electron chi connectivity index (χ2n) is 5.42. The highest BCUT2D eigenvalue weighted by molar-refractivity contribution is 7.89. The quantitative estimate of drug-likeness (QED) is 0.732. The number of piperidine rings is 1. The van der Waals surface area contributed by atoms with E-state index in [9.17, 15) is 13.2 Å². The number of hydrogen-bond acceptors (Lipinski definition) is 4. The predicted molar refractivity (Wildman–Crippen MR) is 75.9 cm³/mol. The number of ether oxygens (including phenoxy) is 1. The van der Waals surface area contributed by atoms with Gasteiger partial charge in [0.25, 0.3) is 0 Å². The molecule has 114 valence electrons. The number of methoxy groups -OCH3 is 1. The molecule has 2 heterocycles. The molecule has 7 heteroatoms. The zero-order valence-electron chi connectivity index (χ0n) is 12.0. The molecule has 2 rings (SSSR count). The Balaban J connectivity index is 2.14. The van der Waals surface area contributed by atoms with Gasteiger partial charge in [0, 0.05) is 19.7 Å². The summed E-state index contributed by atoms with van der Waals surface area (Å²) in [5.41, 5.74) is 0.913. The fourth-order valence-electron chi connectivity index (χ4n) is 2.74. The fourth-order valence-corrected chi connectivity index (χ4v) is 4.40. The molecule has 1 atom stereocenters. The number of fused-ring (bicyclic) bond motifs is 1. The van der Waals surface area contributed by atoms with Gasteiger partial charge in [-0.15, -0.1) is 0 Å². The maximum Gasteiger partial charge on any atom is 0.334 e. The van der Waals surface area contributed by atoms with E-state index in [0.29, 0.717) is 13.2 Å². The number of rotatable bonds is 4. The second-order valence-corrected chi connectivity index (χ2v) is 7.36. The Morgan fingerprint density at radius 2 is 2.20 bits per heavy atom. The van der Waals surface area contributed by atoms with Crippen molar-refractivity contribution in [1.29, 1.82) is 0 Å². The van der Waals surface area contributed by atoms with E-state index in [0.717, 1.165) is 29.1 Å². The maximum absolute atomic E-state index is 12.4. The molecule has 20 heavy (non-hydrogen) atoms. The van der Waals surface area contributed by atoms with Crippen LogP contribution in [0.4, 0.5) is 4.79 Å². The van der Waals surface area contributed by atoms with Crippen LogP contribution in [0.15, 0.2) is 11.6 Å². The van der Waals surface area contributed by atoms with Crippen LogP contribution in [0.5, 0.6) is 0 Å². The molecule has 0 bridgehead atoms. The summed E-state index contributed by atoms with van der Waals surface area (Å²) in [6, 6.07) is -0.510. The molecule has 0 aliphatic carbocycles. The summed E-state index contributed by atoms with van der Waals surface area (Å²) in [5, 5.41) is 0. The smallest absolute Gasteiger partial charge is 0.334 e. The highest BCUT2D eigenvalue weighted by atomic mass is 32.2. The zero-order chi connectivity index (χ0) is 14.8. The first-order valence-electron chi connectivity index (χ1n) is 6.91. The Kier molecular flexibility index (Phi) is 4.70. The van der Waals surface area contributed by atoms with Gasteiger partial charge in [0.1, 0.15) is 0 Å². The Hall–Kier alpha value is -1.08. The van der Waals surface area contributed by atoms with Crippen LogP contribution in [0.3, 0.4) is 0 Å². The summed E-state index contributed by atoms with van der Waals surface area (Å²) in [4.78, 5) is 14.1. The number of amides is 2. The van der Waals surface area contributed by atoms with E-state index in [4.69, 9.17) is 4.74 Å². The monoisotopic (exact) mass is 302 g/mol. The Morgan fingerprint density at radius 3 is 2.90 bits per heavy atom. The largest absolute Gasteiger partial charge is 0.380 e. The predicted octanol–water partition coefficient (Wildman–Crippen LogP) is 1.20. The minimum atomic E-state index is -3.50. The number of carbonyl (C=O) groups excluding carboxylic acids is 1. The van der Waals surface area contributed by atoms with Gasteiger partial charge in [-0.1, -0.05) is 11.6 Å². The highest BCUT2D eigenvalue weighted by Gasteiger charge is 2.42. The Morgan fingerprint density at radius 1 is 1.45 bits per heavy atom. The van der Waals surface area contributed by atoms with E-state index < -0.39 is 10.0 Å². The van der Waals surface area contributed by atoms with E-state index in [1.807, 2.05) is 6.92 Å². The Labute approximate surface area is 120 Å². The van der Waals surface area contributed by atoms with Crippen LogP contribution < -0.4 is 0 Å². The summed E-state index contributed by atoms with van der Waals surface area (Å²) in [6.45, 7) is 3.05. The molecule has 0 aromatic heterocycles. The number of urea groups is 1. The maximum atomic E-state index is 12.4. The van der Waals surface area contributed by atoms with Gasteiger partial charge in [-0.3, -0.25) is 0 Å². The summed E-state index contributed by atoms with van der Waals surface area (Å²) in [7, 11) is -1.92. The van der Waals surface area contributed by atoms with Crippen LogP contribution in [0.25, 0.3) is 0 Å². The fraction of sp³-hybridized carbons (Fsp3) is 0.769. The van der Waals surface area contributed by atoms with Crippen molar-refractivity contribution in [3.63, 3.8) is 0 Å². The molecule has 0 aromatic carbocycles. The zero-order valence-corrected chi connectivity index (χ0v) is 12.9. The van der Waals surface area contributed by atoms with Crippen molar-refractivity contribution in [3.05, 3.63) is 11.6 Å². The number of hydrogen-bond donors (Lipinski definition) is 0. The van der Waals surface area contributed by atoms with E-state index in [1.165, 1.54) is 0 Å². The molecule has 2 aliphatic heterocycles. The lowest BCUT2D eigenvalue weighted by molar-refractivity contribution is 0.134. The third-order valence-electron chi connectivity index (χ3n) is 3.80. The van der Waals surface area contributed by atoms with E-state index >= 15 is 0 Å². The third-order valence-corrected chi connectivity index (χ3v) is 5.59. The Bertz CT molecular complexity index is 501. The minimum Gasteiger partial charge on any atom is -0.380 e. The lowest BCUT2D eigenvalue weighted by atomic mass is 10.0. The summed E-state index contributed by atoms with van der Waals surface area (Å²) >= 11 is 0. The molecule has 0 spiro atoms. The molecule has 2 aliphatic rings. The lowest BCUT2D eigenvalue weighted by Crippen LogP contribution is -2.60. The van der Waals surface area contributed by atoms with Crippen molar-refractivity contribution in [3.8, 4) is 0 Å². The molecule has 6 nitrogen and oxygen atoms in total. The van der Waals surface area contributed by atoms with Crippen LogP contribution in [0, 0.1) is 0 Å². The molecular formula is C13H22N2O4S.